The van der Waals surface area contributed by atoms with Gasteiger partial charge in [0.25, 0.3) is 5.91 Å². The van der Waals surface area contributed by atoms with Crippen molar-refractivity contribution in [2.45, 2.75) is 38.6 Å². The van der Waals surface area contributed by atoms with Gasteiger partial charge in [0.2, 0.25) is 5.91 Å². The second-order valence-corrected chi connectivity index (χ2v) is 7.91. The minimum absolute atomic E-state index is 0.0582. The molecule has 0 aliphatic carbocycles. The molecule has 0 heterocycles. The largest absolute Gasteiger partial charge is 0.481 e. The highest BCUT2D eigenvalue weighted by atomic mass is 16.4. The molecule has 0 bridgehead atoms. The number of carboxylic acid groups (broad SMARTS) is 1. The van der Waals surface area contributed by atoms with Crippen LogP contribution in [0.2, 0.25) is 0 Å². The standard InChI is InChI=1S/C27H28N2O4/c1-19(21-9-4-2-5-10-21)26(32)29-24-17-20(15-16-22(24)13-8-14-25(30)31)18-28-27(33)23-11-6-3-7-12-23/h2-7,9-12,15-17,19H,8,13-14,18H2,1H3,(H,28,33)(H,29,32)(H,30,31). The maximum Gasteiger partial charge on any atom is 0.303 e. The van der Waals surface area contributed by atoms with E-state index in [0.29, 0.717) is 30.6 Å². The van der Waals surface area contributed by atoms with Crippen molar-refractivity contribution in [2.75, 3.05) is 5.32 Å². The summed E-state index contributed by atoms with van der Waals surface area (Å²) in [6.45, 7) is 2.15. The van der Waals surface area contributed by atoms with Gasteiger partial charge in [0.15, 0.2) is 0 Å². The van der Waals surface area contributed by atoms with E-state index in [-0.39, 0.29) is 24.2 Å². The molecule has 6 nitrogen and oxygen atoms in total. The summed E-state index contributed by atoms with van der Waals surface area (Å²) in [7, 11) is 0. The van der Waals surface area contributed by atoms with Gasteiger partial charge in [-0.1, -0.05) is 60.7 Å². The van der Waals surface area contributed by atoms with Gasteiger partial charge in [0, 0.05) is 24.2 Å². The molecule has 6 heteroatoms. The second kappa shape index (κ2) is 11.6. The van der Waals surface area contributed by atoms with Gasteiger partial charge in [-0.05, 0) is 54.7 Å². The van der Waals surface area contributed by atoms with Crippen molar-refractivity contribution >= 4 is 23.5 Å². The van der Waals surface area contributed by atoms with E-state index in [1.165, 1.54) is 0 Å². The smallest absolute Gasteiger partial charge is 0.303 e. The third-order valence-corrected chi connectivity index (χ3v) is 5.45. The molecule has 0 saturated carbocycles. The first-order valence-electron chi connectivity index (χ1n) is 11.0. The highest BCUT2D eigenvalue weighted by Gasteiger charge is 2.17. The van der Waals surface area contributed by atoms with E-state index in [0.717, 1.165) is 16.7 Å². The topological polar surface area (TPSA) is 95.5 Å². The van der Waals surface area contributed by atoms with Gasteiger partial charge in [0.1, 0.15) is 0 Å². The Morgan fingerprint density at radius 3 is 2.24 bits per heavy atom. The van der Waals surface area contributed by atoms with Crippen LogP contribution in [0.15, 0.2) is 78.9 Å². The van der Waals surface area contributed by atoms with Crippen LogP contribution in [0.4, 0.5) is 5.69 Å². The second-order valence-electron chi connectivity index (χ2n) is 7.91. The predicted octanol–water partition coefficient (Wildman–Crippen LogP) is 4.77. The number of benzene rings is 3. The van der Waals surface area contributed by atoms with Crippen LogP contribution in [0.25, 0.3) is 0 Å². The summed E-state index contributed by atoms with van der Waals surface area (Å²) in [6, 6.07) is 24.1. The van der Waals surface area contributed by atoms with Crippen molar-refractivity contribution in [3.8, 4) is 0 Å². The molecule has 170 valence electrons. The molecule has 3 aromatic rings. The summed E-state index contributed by atoms with van der Waals surface area (Å²) in [5, 5.41) is 14.9. The van der Waals surface area contributed by atoms with Crippen molar-refractivity contribution in [1.29, 1.82) is 0 Å². The molecule has 0 saturated heterocycles. The number of amides is 2. The lowest BCUT2D eigenvalue weighted by Crippen LogP contribution is -2.23. The third-order valence-electron chi connectivity index (χ3n) is 5.45. The zero-order chi connectivity index (χ0) is 23.6. The highest BCUT2D eigenvalue weighted by Crippen LogP contribution is 2.23. The molecule has 0 aliphatic heterocycles. The lowest BCUT2D eigenvalue weighted by atomic mass is 9.99. The van der Waals surface area contributed by atoms with Crippen LogP contribution in [0.3, 0.4) is 0 Å². The molecule has 3 aromatic carbocycles. The van der Waals surface area contributed by atoms with Crippen molar-refractivity contribution in [1.82, 2.24) is 5.32 Å². The fourth-order valence-electron chi connectivity index (χ4n) is 3.51. The Bertz CT molecular complexity index is 1100. The van der Waals surface area contributed by atoms with E-state index < -0.39 is 5.97 Å². The highest BCUT2D eigenvalue weighted by molar-refractivity contribution is 5.96. The van der Waals surface area contributed by atoms with Gasteiger partial charge in [-0.3, -0.25) is 14.4 Å². The normalized spacial score (nSPS) is 11.4. The van der Waals surface area contributed by atoms with Gasteiger partial charge in [-0.15, -0.1) is 0 Å². The Hall–Kier alpha value is -3.93. The lowest BCUT2D eigenvalue weighted by Gasteiger charge is -2.17. The maximum absolute atomic E-state index is 12.9. The summed E-state index contributed by atoms with van der Waals surface area (Å²) in [5.74, 6) is -1.52. The van der Waals surface area contributed by atoms with Gasteiger partial charge in [-0.25, -0.2) is 0 Å². The molecular weight excluding hydrogens is 416 g/mol. The fourth-order valence-corrected chi connectivity index (χ4v) is 3.51. The molecule has 0 aromatic heterocycles. The van der Waals surface area contributed by atoms with Crippen molar-refractivity contribution in [2.24, 2.45) is 0 Å². The van der Waals surface area contributed by atoms with Crippen molar-refractivity contribution in [3.63, 3.8) is 0 Å². The van der Waals surface area contributed by atoms with E-state index in [1.54, 1.807) is 12.1 Å². The Morgan fingerprint density at radius 2 is 1.58 bits per heavy atom. The Kier molecular flexibility index (Phi) is 8.36. The van der Waals surface area contributed by atoms with Crippen molar-refractivity contribution < 1.29 is 19.5 Å². The van der Waals surface area contributed by atoms with E-state index in [2.05, 4.69) is 10.6 Å². The zero-order valence-corrected chi connectivity index (χ0v) is 18.6. The molecule has 1 unspecified atom stereocenters. The Morgan fingerprint density at radius 1 is 0.909 bits per heavy atom. The SMILES string of the molecule is CC(C(=O)Nc1cc(CNC(=O)c2ccccc2)ccc1CCCC(=O)O)c1ccccc1. The Labute approximate surface area is 193 Å². The number of carboxylic acids is 1. The van der Waals surface area contributed by atoms with Gasteiger partial charge in [0.05, 0.1) is 5.92 Å². The quantitative estimate of drug-likeness (QED) is 0.420. The minimum atomic E-state index is -0.849. The van der Waals surface area contributed by atoms with Crippen LogP contribution in [-0.4, -0.2) is 22.9 Å². The fraction of sp³-hybridized carbons (Fsp3) is 0.222. The van der Waals surface area contributed by atoms with E-state index >= 15 is 0 Å². The summed E-state index contributed by atoms with van der Waals surface area (Å²) in [5.41, 5.74) is 3.83. The molecule has 0 fully saturated rings. The molecule has 3 rings (SSSR count). The third kappa shape index (κ3) is 7.04. The predicted molar refractivity (Wildman–Crippen MR) is 128 cm³/mol. The van der Waals surface area contributed by atoms with Crippen LogP contribution in [-0.2, 0) is 22.6 Å². The van der Waals surface area contributed by atoms with Crippen LogP contribution in [0, 0.1) is 0 Å². The molecule has 33 heavy (non-hydrogen) atoms. The monoisotopic (exact) mass is 444 g/mol. The number of aryl methyl sites for hydroxylation is 1. The average molecular weight is 445 g/mol. The maximum atomic E-state index is 12.9. The van der Waals surface area contributed by atoms with E-state index in [1.807, 2.05) is 73.7 Å². The van der Waals surface area contributed by atoms with Gasteiger partial charge < -0.3 is 15.7 Å². The number of rotatable bonds is 10. The Balaban J connectivity index is 1.74. The lowest BCUT2D eigenvalue weighted by molar-refractivity contribution is -0.137. The molecule has 3 N–H and O–H groups in total. The molecule has 0 radical (unpaired) electrons. The van der Waals surface area contributed by atoms with Gasteiger partial charge in [-0.2, -0.15) is 0 Å². The number of aliphatic carboxylic acids is 1. The first-order chi connectivity index (χ1) is 15.9. The number of nitrogens with one attached hydrogen (secondary N) is 2. The number of hydrogen-bond acceptors (Lipinski definition) is 3. The molecular formula is C27H28N2O4. The number of anilines is 1. The molecule has 0 aliphatic rings. The molecule has 1 atom stereocenters. The first kappa shape index (κ1) is 23.7. The summed E-state index contributed by atoms with van der Waals surface area (Å²) in [4.78, 5) is 36.2. The van der Waals surface area contributed by atoms with E-state index in [4.69, 9.17) is 5.11 Å². The molecule has 2 amide bonds. The van der Waals surface area contributed by atoms with E-state index in [9.17, 15) is 14.4 Å². The summed E-state index contributed by atoms with van der Waals surface area (Å²) in [6.07, 6.45) is 1.05. The summed E-state index contributed by atoms with van der Waals surface area (Å²) >= 11 is 0. The average Bonchev–Trinajstić information content (AvgIpc) is 2.84. The molecule has 0 spiro atoms. The van der Waals surface area contributed by atoms with Crippen molar-refractivity contribution in [3.05, 3.63) is 101 Å². The minimum Gasteiger partial charge on any atom is -0.481 e. The first-order valence-corrected chi connectivity index (χ1v) is 11.0. The zero-order valence-electron chi connectivity index (χ0n) is 18.6. The van der Waals surface area contributed by atoms with Crippen LogP contribution in [0.1, 0.15) is 52.7 Å². The van der Waals surface area contributed by atoms with Crippen LogP contribution >= 0.6 is 0 Å². The number of carbonyl (C=O) groups excluding carboxylic acids is 2. The number of carbonyl (C=O) groups is 3. The van der Waals surface area contributed by atoms with Crippen LogP contribution < -0.4 is 10.6 Å². The van der Waals surface area contributed by atoms with Gasteiger partial charge >= 0.3 is 5.97 Å². The summed E-state index contributed by atoms with van der Waals surface area (Å²) < 4.78 is 0. The van der Waals surface area contributed by atoms with Crippen LogP contribution in [0.5, 0.6) is 0 Å². The number of hydrogen-bond donors (Lipinski definition) is 3.